The molecule has 0 saturated carbocycles. The Hall–Kier alpha value is -1.54. The Morgan fingerprint density at radius 3 is 2.44 bits per heavy atom. The second-order valence-corrected chi connectivity index (χ2v) is 4.68. The molecular weight excluding hydrogens is 251 g/mol. The Bertz CT molecular complexity index is 546. The van der Waals surface area contributed by atoms with Crippen molar-refractivity contribution in [2.75, 3.05) is 0 Å². The summed E-state index contributed by atoms with van der Waals surface area (Å²) in [5.74, 6) is 0.502. The Kier molecular flexibility index (Phi) is 3.87. The van der Waals surface area contributed by atoms with Crippen molar-refractivity contribution >= 4 is 11.6 Å². The van der Waals surface area contributed by atoms with E-state index in [0.29, 0.717) is 10.6 Å². The Morgan fingerprint density at radius 1 is 1.11 bits per heavy atom. The molecule has 0 bridgehead atoms. The average molecular weight is 265 g/mol. The first-order valence-corrected chi connectivity index (χ1v) is 6.08. The molecule has 0 fully saturated rings. The lowest BCUT2D eigenvalue weighted by Crippen LogP contribution is -2.01. The predicted molar refractivity (Wildman–Crippen MR) is 71.7 cm³/mol. The third-order valence-corrected chi connectivity index (χ3v) is 3.02. The Morgan fingerprint density at radius 2 is 1.78 bits per heavy atom. The van der Waals surface area contributed by atoms with E-state index in [9.17, 15) is 4.39 Å². The molecule has 0 unspecified atom stereocenters. The van der Waals surface area contributed by atoms with Gasteiger partial charge >= 0.3 is 0 Å². The maximum Gasteiger partial charge on any atom is 0.129 e. The highest BCUT2D eigenvalue weighted by Gasteiger charge is 2.07. The lowest BCUT2D eigenvalue weighted by molar-refractivity contribution is 0.296. The Labute approximate surface area is 111 Å². The maximum atomic E-state index is 13.5. The smallest absolute Gasteiger partial charge is 0.129 e. The quantitative estimate of drug-likeness (QED) is 0.782. The van der Waals surface area contributed by atoms with Gasteiger partial charge in [0.25, 0.3) is 0 Å². The molecule has 0 aromatic heterocycles. The lowest BCUT2D eigenvalue weighted by atomic mass is 10.1. The van der Waals surface area contributed by atoms with Gasteiger partial charge in [-0.05, 0) is 43.2 Å². The molecule has 2 aromatic rings. The summed E-state index contributed by atoms with van der Waals surface area (Å²) in [7, 11) is 0. The molecule has 0 aliphatic rings. The number of hydrogen-bond acceptors (Lipinski definition) is 1. The summed E-state index contributed by atoms with van der Waals surface area (Å²) in [6.07, 6.45) is 0. The summed E-state index contributed by atoms with van der Waals surface area (Å²) >= 11 is 5.84. The van der Waals surface area contributed by atoms with Crippen LogP contribution in [-0.2, 0) is 6.61 Å². The van der Waals surface area contributed by atoms with Crippen LogP contribution >= 0.6 is 11.6 Å². The molecule has 18 heavy (non-hydrogen) atoms. The maximum absolute atomic E-state index is 13.5. The number of ether oxygens (including phenoxy) is 1. The van der Waals surface area contributed by atoms with Crippen LogP contribution in [0, 0.1) is 19.7 Å². The molecule has 3 heteroatoms. The van der Waals surface area contributed by atoms with E-state index in [0.717, 1.165) is 16.9 Å². The molecule has 0 atom stereocenters. The van der Waals surface area contributed by atoms with Gasteiger partial charge in [-0.15, -0.1) is 0 Å². The minimum atomic E-state index is -0.300. The van der Waals surface area contributed by atoms with Crippen LogP contribution in [0.2, 0.25) is 5.02 Å². The summed E-state index contributed by atoms with van der Waals surface area (Å²) in [6.45, 7) is 4.12. The van der Waals surface area contributed by atoms with Gasteiger partial charge in [0.2, 0.25) is 0 Å². The van der Waals surface area contributed by atoms with E-state index in [2.05, 4.69) is 0 Å². The van der Waals surface area contributed by atoms with Crippen molar-refractivity contribution in [1.29, 1.82) is 0 Å². The summed E-state index contributed by atoms with van der Waals surface area (Å²) in [4.78, 5) is 0. The molecule has 0 aliphatic heterocycles. The zero-order valence-electron chi connectivity index (χ0n) is 10.3. The van der Waals surface area contributed by atoms with Gasteiger partial charge in [-0.25, -0.2) is 4.39 Å². The van der Waals surface area contributed by atoms with E-state index in [-0.39, 0.29) is 12.4 Å². The fraction of sp³-hybridized carbons (Fsp3) is 0.200. The van der Waals surface area contributed by atoms with Gasteiger partial charge in [0, 0.05) is 10.6 Å². The minimum absolute atomic E-state index is 0.179. The summed E-state index contributed by atoms with van der Waals surface area (Å²) in [5.41, 5.74) is 2.54. The highest BCUT2D eigenvalue weighted by atomic mass is 35.5. The van der Waals surface area contributed by atoms with Crippen LogP contribution in [0.3, 0.4) is 0 Å². The Balaban J connectivity index is 2.19. The third kappa shape index (κ3) is 2.82. The van der Waals surface area contributed by atoms with Gasteiger partial charge in [-0.3, -0.25) is 0 Å². The van der Waals surface area contributed by atoms with E-state index in [1.165, 1.54) is 12.1 Å². The fourth-order valence-corrected chi connectivity index (χ4v) is 2.03. The molecule has 0 aliphatic carbocycles. The van der Waals surface area contributed by atoms with Gasteiger partial charge in [0.05, 0.1) is 0 Å². The predicted octanol–water partition coefficient (Wildman–Crippen LogP) is 4.67. The number of benzene rings is 2. The van der Waals surface area contributed by atoms with Crippen molar-refractivity contribution in [2.45, 2.75) is 20.5 Å². The number of halogens is 2. The zero-order chi connectivity index (χ0) is 13.1. The second kappa shape index (κ2) is 5.40. The van der Waals surface area contributed by atoms with Gasteiger partial charge in [0.15, 0.2) is 0 Å². The topological polar surface area (TPSA) is 9.23 Å². The van der Waals surface area contributed by atoms with Crippen LogP contribution in [0.25, 0.3) is 0 Å². The second-order valence-electron chi connectivity index (χ2n) is 4.25. The summed E-state index contributed by atoms with van der Waals surface area (Å²) < 4.78 is 19.2. The highest BCUT2D eigenvalue weighted by molar-refractivity contribution is 6.30. The molecule has 94 valence electrons. The van der Waals surface area contributed by atoms with Crippen LogP contribution < -0.4 is 4.74 Å². The highest BCUT2D eigenvalue weighted by Crippen LogP contribution is 2.24. The molecular formula is C15H14ClFO. The van der Waals surface area contributed by atoms with E-state index in [1.54, 1.807) is 6.07 Å². The monoisotopic (exact) mass is 264 g/mol. The molecule has 0 amide bonds. The molecule has 2 rings (SSSR count). The molecule has 0 N–H and O–H groups in total. The zero-order valence-corrected chi connectivity index (χ0v) is 11.1. The molecule has 1 nitrogen and oxygen atoms in total. The standard InChI is InChI=1S/C15H14ClFO/c1-10-4-3-5-11(2)15(10)18-9-12-8-13(16)6-7-14(12)17/h3-8H,9H2,1-2H3. The number of aryl methyl sites for hydroxylation is 2. The fourth-order valence-electron chi connectivity index (χ4n) is 1.83. The van der Waals surface area contributed by atoms with Crippen molar-refractivity contribution < 1.29 is 9.13 Å². The molecule has 0 spiro atoms. The van der Waals surface area contributed by atoms with Gasteiger partial charge < -0.3 is 4.74 Å². The molecule has 2 aromatic carbocycles. The van der Waals surface area contributed by atoms with Crippen molar-refractivity contribution in [1.82, 2.24) is 0 Å². The van der Waals surface area contributed by atoms with E-state index >= 15 is 0 Å². The van der Waals surface area contributed by atoms with Crippen LogP contribution in [-0.4, -0.2) is 0 Å². The van der Waals surface area contributed by atoms with Crippen LogP contribution in [0.5, 0.6) is 5.75 Å². The normalized spacial score (nSPS) is 10.4. The number of para-hydroxylation sites is 1. The van der Waals surface area contributed by atoms with E-state index < -0.39 is 0 Å². The van der Waals surface area contributed by atoms with Gasteiger partial charge in [-0.1, -0.05) is 29.8 Å². The third-order valence-electron chi connectivity index (χ3n) is 2.79. The first-order chi connectivity index (χ1) is 8.58. The summed E-state index contributed by atoms with van der Waals surface area (Å²) in [6, 6.07) is 10.4. The molecule has 0 radical (unpaired) electrons. The lowest BCUT2D eigenvalue weighted by Gasteiger charge is -2.12. The largest absolute Gasteiger partial charge is 0.488 e. The van der Waals surface area contributed by atoms with Crippen molar-refractivity contribution in [3.8, 4) is 5.75 Å². The van der Waals surface area contributed by atoms with Crippen molar-refractivity contribution in [2.24, 2.45) is 0 Å². The average Bonchev–Trinajstić information content (AvgIpc) is 2.33. The first kappa shape index (κ1) is 12.9. The summed E-state index contributed by atoms with van der Waals surface area (Å²) in [5, 5.41) is 0.511. The van der Waals surface area contributed by atoms with Crippen LogP contribution in [0.1, 0.15) is 16.7 Å². The molecule has 0 saturated heterocycles. The van der Waals surface area contributed by atoms with Gasteiger partial charge in [0.1, 0.15) is 18.2 Å². The minimum Gasteiger partial charge on any atom is -0.488 e. The van der Waals surface area contributed by atoms with E-state index in [1.807, 2.05) is 32.0 Å². The number of rotatable bonds is 3. The van der Waals surface area contributed by atoms with E-state index in [4.69, 9.17) is 16.3 Å². The van der Waals surface area contributed by atoms with Crippen LogP contribution in [0.4, 0.5) is 4.39 Å². The SMILES string of the molecule is Cc1cccc(C)c1OCc1cc(Cl)ccc1F. The van der Waals surface area contributed by atoms with Gasteiger partial charge in [-0.2, -0.15) is 0 Å². The molecule has 0 heterocycles. The van der Waals surface area contributed by atoms with Crippen LogP contribution in [0.15, 0.2) is 36.4 Å². The van der Waals surface area contributed by atoms with Crippen molar-refractivity contribution in [3.63, 3.8) is 0 Å². The first-order valence-electron chi connectivity index (χ1n) is 5.71. The van der Waals surface area contributed by atoms with Crippen molar-refractivity contribution in [3.05, 3.63) is 63.9 Å². The number of hydrogen-bond donors (Lipinski definition) is 0.